The predicted octanol–water partition coefficient (Wildman–Crippen LogP) is 6.14. The highest BCUT2D eigenvalue weighted by atomic mass is 35.5. The molecule has 0 radical (unpaired) electrons. The molecule has 4 rings (SSSR count). The van der Waals surface area contributed by atoms with Gasteiger partial charge in [0.2, 0.25) is 0 Å². The average Bonchev–Trinajstić information content (AvgIpc) is 3.06. The van der Waals surface area contributed by atoms with Gasteiger partial charge >= 0.3 is 5.97 Å². The smallest absolute Gasteiger partial charge is 0.343 e. The van der Waals surface area contributed by atoms with Crippen LogP contribution in [0, 0.1) is 6.92 Å². The number of para-hydroxylation sites is 1. The summed E-state index contributed by atoms with van der Waals surface area (Å²) in [4.78, 5) is 17.2. The van der Waals surface area contributed by atoms with Gasteiger partial charge in [0, 0.05) is 5.02 Å². The largest absolute Gasteiger partial charge is 0.422 e. The van der Waals surface area contributed by atoms with Crippen LogP contribution in [0.3, 0.4) is 0 Å². The summed E-state index contributed by atoms with van der Waals surface area (Å²) in [6.07, 6.45) is 0. The number of halogens is 1. The lowest BCUT2D eigenvalue weighted by atomic mass is 10.1. The van der Waals surface area contributed by atoms with E-state index < -0.39 is 5.97 Å². The third kappa shape index (κ3) is 3.21. The van der Waals surface area contributed by atoms with Crippen LogP contribution in [-0.4, -0.2) is 11.0 Å². The fraction of sp³-hybridized carbons (Fsp3) is 0.0476. The van der Waals surface area contributed by atoms with Crippen LogP contribution in [0.2, 0.25) is 5.02 Å². The normalized spacial score (nSPS) is 10.8. The molecule has 5 heteroatoms. The van der Waals surface area contributed by atoms with Crippen LogP contribution in [0.15, 0.2) is 66.7 Å². The Bertz CT molecular complexity index is 1070. The van der Waals surface area contributed by atoms with Crippen LogP contribution in [-0.2, 0) is 0 Å². The van der Waals surface area contributed by atoms with Crippen molar-refractivity contribution in [2.75, 3.05) is 0 Å². The van der Waals surface area contributed by atoms with Crippen molar-refractivity contribution in [3.8, 4) is 16.3 Å². The molecule has 0 bridgehead atoms. The van der Waals surface area contributed by atoms with Crippen LogP contribution in [0.4, 0.5) is 0 Å². The van der Waals surface area contributed by atoms with E-state index in [1.54, 1.807) is 41.7 Å². The molecule has 0 spiro atoms. The van der Waals surface area contributed by atoms with Crippen LogP contribution in [0.1, 0.15) is 15.9 Å². The topological polar surface area (TPSA) is 39.2 Å². The maximum Gasteiger partial charge on any atom is 0.343 e. The van der Waals surface area contributed by atoms with E-state index in [0.29, 0.717) is 16.3 Å². The molecule has 0 atom stereocenters. The Kier molecular flexibility index (Phi) is 4.45. The summed E-state index contributed by atoms with van der Waals surface area (Å²) < 4.78 is 6.79. The van der Waals surface area contributed by atoms with Crippen LogP contribution < -0.4 is 4.74 Å². The highest BCUT2D eigenvalue weighted by Crippen LogP contribution is 2.38. The highest BCUT2D eigenvalue weighted by molar-refractivity contribution is 7.21. The number of benzene rings is 3. The SMILES string of the molecule is Cc1cccc(OC(=O)c2ccc(Cl)cc2)c1-c1nc2ccccc2s1. The molecule has 26 heavy (non-hydrogen) atoms. The Labute approximate surface area is 159 Å². The molecule has 4 aromatic rings. The number of esters is 1. The van der Waals surface area contributed by atoms with Gasteiger partial charge in [-0.3, -0.25) is 0 Å². The summed E-state index contributed by atoms with van der Waals surface area (Å²) in [6, 6.07) is 20.3. The Morgan fingerprint density at radius 1 is 1.00 bits per heavy atom. The number of thiazole rings is 1. The number of hydrogen-bond acceptors (Lipinski definition) is 4. The number of fused-ring (bicyclic) bond motifs is 1. The molecular weight excluding hydrogens is 366 g/mol. The molecule has 0 amide bonds. The van der Waals surface area contributed by atoms with Gasteiger partial charge in [-0.05, 0) is 55.0 Å². The van der Waals surface area contributed by atoms with Gasteiger partial charge in [-0.15, -0.1) is 11.3 Å². The van der Waals surface area contributed by atoms with E-state index in [1.165, 1.54) is 0 Å². The van der Waals surface area contributed by atoms with Crippen molar-refractivity contribution in [2.45, 2.75) is 6.92 Å². The standard InChI is InChI=1S/C21H14ClNO2S/c1-13-5-4-7-17(25-21(24)14-9-11-15(22)12-10-14)19(13)20-23-16-6-2-3-8-18(16)26-20/h2-12H,1H3. The number of carbonyl (C=O) groups excluding carboxylic acids is 1. The first kappa shape index (κ1) is 16.8. The van der Waals surface area contributed by atoms with Crippen molar-refractivity contribution in [1.82, 2.24) is 4.98 Å². The Balaban J connectivity index is 1.74. The second-order valence-electron chi connectivity index (χ2n) is 5.83. The van der Waals surface area contributed by atoms with Crippen LogP contribution in [0.5, 0.6) is 5.75 Å². The van der Waals surface area contributed by atoms with E-state index in [2.05, 4.69) is 0 Å². The quantitative estimate of drug-likeness (QED) is 0.317. The third-order valence-electron chi connectivity index (χ3n) is 4.02. The maximum absolute atomic E-state index is 12.5. The molecule has 0 fully saturated rings. The van der Waals surface area contributed by atoms with Gasteiger partial charge < -0.3 is 4.74 Å². The summed E-state index contributed by atoms with van der Waals surface area (Å²) in [7, 11) is 0. The van der Waals surface area contributed by atoms with Gasteiger partial charge in [-0.25, -0.2) is 9.78 Å². The fourth-order valence-corrected chi connectivity index (χ4v) is 3.93. The maximum atomic E-state index is 12.5. The number of rotatable bonds is 3. The first-order chi connectivity index (χ1) is 12.6. The Hall–Kier alpha value is -2.69. The molecule has 0 unspecified atom stereocenters. The lowest BCUT2D eigenvalue weighted by Gasteiger charge is -2.11. The van der Waals surface area contributed by atoms with Crippen molar-refractivity contribution >= 4 is 39.1 Å². The average molecular weight is 380 g/mol. The van der Waals surface area contributed by atoms with Crippen molar-refractivity contribution in [3.05, 3.63) is 82.9 Å². The van der Waals surface area contributed by atoms with E-state index >= 15 is 0 Å². The molecule has 0 aliphatic rings. The van der Waals surface area contributed by atoms with Crippen LogP contribution in [0.25, 0.3) is 20.8 Å². The molecular formula is C21H14ClNO2S. The van der Waals surface area contributed by atoms with Gasteiger partial charge in [0.1, 0.15) is 10.8 Å². The summed E-state index contributed by atoms with van der Waals surface area (Å²) in [5, 5.41) is 1.41. The number of hydrogen-bond donors (Lipinski definition) is 0. The molecule has 0 aliphatic heterocycles. The highest BCUT2D eigenvalue weighted by Gasteiger charge is 2.17. The van der Waals surface area contributed by atoms with E-state index in [1.807, 2.05) is 43.3 Å². The molecule has 0 N–H and O–H groups in total. The molecule has 128 valence electrons. The van der Waals surface area contributed by atoms with Gasteiger partial charge in [0.25, 0.3) is 0 Å². The summed E-state index contributed by atoms with van der Waals surface area (Å²) in [5.41, 5.74) is 3.23. The summed E-state index contributed by atoms with van der Waals surface area (Å²) >= 11 is 7.47. The number of nitrogens with zero attached hydrogens (tertiary/aromatic N) is 1. The minimum atomic E-state index is -0.422. The van der Waals surface area contributed by atoms with Crippen LogP contribution >= 0.6 is 22.9 Å². The monoisotopic (exact) mass is 379 g/mol. The zero-order chi connectivity index (χ0) is 18.1. The molecule has 1 aromatic heterocycles. The van der Waals surface area contributed by atoms with Gasteiger partial charge in [-0.2, -0.15) is 0 Å². The summed E-state index contributed by atoms with van der Waals surface area (Å²) in [6.45, 7) is 1.99. The molecule has 0 saturated heterocycles. The lowest BCUT2D eigenvalue weighted by Crippen LogP contribution is -2.09. The minimum absolute atomic E-state index is 0.422. The fourth-order valence-electron chi connectivity index (χ4n) is 2.72. The number of aromatic nitrogens is 1. The van der Waals surface area contributed by atoms with Gasteiger partial charge in [0.15, 0.2) is 0 Å². The minimum Gasteiger partial charge on any atom is -0.422 e. The Morgan fingerprint density at radius 3 is 2.54 bits per heavy atom. The van der Waals surface area contributed by atoms with Crippen molar-refractivity contribution in [1.29, 1.82) is 0 Å². The zero-order valence-electron chi connectivity index (χ0n) is 13.9. The Morgan fingerprint density at radius 2 is 1.77 bits per heavy atom. The van der Waals surface area contributed by atoms with Gasteiger partial charge in [-0.1, -0.05) is 35.9 Å². The predicted molar refractivity (Wildman–Crippen MR) is 106 cm³/mol. The summed E-state index contributed by atoms with van der Waals surface area (Å²) in [5.74, 6) is 0.0821. The first-order valence-electron chi connectivity index (χ1n) is 8.05. The van der Waals surface area contributed by atoms with E-state index in [-0.39, 0.29) is 0 Å². The number of carbonyl (C=O) groups is 1. The number of ether oxygens (including phenoxy) is 1. The number of aryl methyl sites for hydroxylation is 1. The molecule has 3 nitrogen and oxygen atoms in total. The molecule has 0 saturated carbocycles. The van der Waals surface area contributed by atoms with Gasteiger partial charge in [0.05, 0.1) is 21.3 Å². The lowest BCUT2D eigenvalue weighted by molar-refractivity contribution is 0.0735. The van der Waals surface area contributed by atoms with E-state index in [0.717, 1.165) is 26.4 Å². The first-order valence-corrected chi connectivity index (χ1v) is 9.24. The second-order valence-corrected chi connectivity index (χ2v) is 7.30. The van der Waals surface area contributed by atoms with Crippen molar-refractivity contribution < 1.29 is 9.53 Å². The van der Waals surface area contributed by atoms with Crippen molar-refractivity contribution in [3.63, 3.8) is 0 Å². The molecule has 0 aliphatic carbocycles. The third-order valence-corrected chi connectivity index (χ3v) is 5.33. The second kappa shape index (κ2) is 6.90. The van der Waals surface area contributed by atoms with E-state index in [4.69, 9.17) is 21.3 Å². The molecule has 3 aromatic carbocycles. The van der Waals surface area contributed by atoms with Crippen molar-refractivity contribution in [2.24, 2.45) is 0 Å². The molecule has 1 heterocycles. The zero-order valence-corrected chi connectivity index (χ0v) is 15.5. The van der Waals surface area contributed by atoms with E-state index in [9.17, 15) is 4.79 Å².